The number of nitrogens with zero attached hydrogens (tertiary/aromatic N) is 2. The molecule has 0 bridgehead atoms. The number of nitro groups is 1. The van der Waals surface area contributed by atoms with E-state index in [2.05, 4.69) is 5.32 Å². The van der Waals surface area contributed by atoms with Gasteiger partial charge in [0.25, 0.3) is 11.6 Å². The van der Waals surface area contributed by atoms with Gasteiger partial charge in [0.2, 0.25) is 0 Å². The van der Waals surface area contributed by atoms with Crippen LogP contribution in [0.5, 0.6) is 5.75 Å². The zero-order valence-corrected chi connectivity index (χ0v) is 14.3. The van der Waals surface area contributed by atoms with Crippen molar-refractivity contribution in [1.29, 1.82) is 0 Å². The van der Waals surface area contributed by atoms with Crippen molar-refractivity contribution in [3.05, 3.63) is 27.8 Å². The Morgan fingerprint density at radius 2 is 2.15 bits per heavy atom. The number of anilines is 1. The van der Waals surface area contributed by atoms with Crippen LogP contribution in [0.3, 0.4) is 0 Å². The number of nitrogens with two attached hydrogens (primary N) is 1. The average Bonchev–Trinajstić information content (AvgIpc) is 2.61. The fourth-order valence-corrected chi connectivity index (χ4v) is 2.82. The minimum atomic E-state index is -1.06. The molecular formula is C15H20N4O7. The van der Waals surface area contributed by atoms with Crippen LogP contribution >= 0.6 is 0 Å². The van der Waals surface area contributed by atoms with Crippen molar-refractivity contribution in [3.63, 3.8) is 0 Å². The van der Waals surface area contributed by atoms with Gasteiger partial charge in [0.15, 0.2) is 5.69 Å². The SMILES string of the molecule is CNc1c(OC)cc(C(=O)N2CC[C@@H](O)[C@@H](OC(N)=O)C2)cc1[N+](=O)[O-]. The Labute approximate surface area is 148 Å². The molecule has 11 heteroatoms. The Hall–Kier alpha value is -3.08. The van der Waals surface area contributed by atoms with Crippen LogP contribution in [0, 0.1) is 10.1 Å². The van der Waals surface area contributed by atoms with Gasteiger partial charge in [-0.2, -0.15) is 0 Å². The number of likely N-dealkylation sites (tertiary alicyclic amines) is 1. The van der Waals surface area contributed by atoms with Gasteiger partial charge < -0.3 is 30.5 Å². The number of hydrogen-bond donors (Lipinski definition) is 3. The second kappa shape index (κ2) is 7.87. The number of carbonyl (C=O) groups is 2. The molecule has 1 aromatic rings. The molecule has 1 fully saturated rings. The van der Waals surface area contributed by atoms with Crippen molar-refractivity contribution in [2.75, 3.05) is 32.6 Å². The second-order valence-corrected chi connectivity index (χ2v) is 5.66. The third-order valence-corrected chi connectivity index (χ3v) is 4.07. The summed E-state index contributed by atoms with van der Waals surface area (Å²) in [5, 5.41) is 23.8. The summed E-state index contributed by atoms with van der Waals surface area (Å²) in [6, 6.07) is 2.53. The van der Waals surface area contributed by atoms with Crippen LogP contribution < -0.4 is 15.8 Å². The monoisotopic (exact) mass is 368 g/mol. The van der Waals surface area contributed by atoms with E-state index in [1.54, 1.807) is 0 Å². The number of benzene rings is 1. The van der Waals surface area contributed by atoms with Gasteiger partial charge in [-0.3, -0.25) is 14.9 Å². The highest BCUT2D eigenvalue weighted by Crippen LogP contribution is 2.36. The number of hydrogen-bond acceptors (Lipinski definition) is 8. The van der Waals surface area contributed by atoms with Crippen LogP contribution in [0.15, 0.2) is 12.1 Å². The highest BCUT2D eigenvalue weighted by molar-refractivity contribution is 5.97. The number of nitrogens with one attached hydrogen (secondary N) is 1. The largest absolute Gasteiger partial charge is 0.494 e. The molecule has 0 radical (unpaired) electrons. The molecule has 2 rings (SSSR count). The lowest BCUT2D eigenvalue weighted by Crippen LogP contribution is -2.51. The van der Waals surface area contributed by atoms with Crippen LogP contribution in [0.25, 0.3) is 0 Å². The van der Waals surface area contributed by atoms with Gasteiger partial charge >= 0.3 is 6.09 Å². The number of primary amides is 1. The molecule has 4 N–H and O–H groups in total. The number of ether oxygens (including phenoxy) is 2. The molecule has 26 heavy (non-hydrogen) atoms. The summed E-state index contributed by atoms with van der Waals surface area (Å²) in [6.45, 7) is 0.120. The van der Waals surface area contributed by atoms with Crippen molar-refractivity contribution >= 4 is 23.4 Å². The highest BCUT2D eigenvalue weighted by Gasteiger charge is 2.34. The van der Waals surface area contributed by atoms with Crippen molar-refractivity contribution in [1.82, 2.24) is 4.90 Å². The Balaban J connectivity index is 2.32. The first-order valence-corrected chi connectivity index (χ1v) is 7.76. The van der Waals surface area contributed by atoms with E-state index in [-0.39, 0.29) is 42.2 Å². The fraction of sp³-hybridized carbons (Fsp3) is 0.467. The molecule has 2 amide bonds. The first kappa shape index (κ1) is 19.2. The molecule has 1 aliphatic heterocycles. The van der Waals surface area contributed by atoms with E-state index < -0.39 is 29.1 Å². The third kappa shape index (κ3) is 3.94. The van der Waals surface area contributed by atoms with Crippen LogP contribution in [0.4, 0.5) is 16.2 Å². The predicted octanol–water partition coefficient (Wildman–Crippen LogP) is 0.316. The number of carbonyl (C=O) groups excluding carboxylic acids is 2. The number of aliphatic hydroxyl groups is 1. The maximum absolute atomic E-state index is 12.8. The quantitative estimate of drug-likeness (QED) is 0.495. The fourth-order valence-electron chi connectivity index (χ4n) is 2.82. The summed E-state index contributed by atoms with van der Waals surface area (Å²) in [4.78, 5) is 35.7. The molecule has 0 saturated carbocycles. The molecule has 1 aromatic carbocycles. The van der Waals surface area contributed by atoms with Gasteiger partial charge in [0.1, 0.15) is 11.9 Å². The van der Waals surface area contributed by atoms with E-state index >= 15 is 0 Å². The molecule has 0 aliphatic carbocycles. The Kier molecular flexibility index (Phi) is 5.82. The van der Waals surface area contributed by atoms with E-state index in [0.717, 1.165) is 6.07 Å². The van der Waals surface area contributed by atoms with Crippen molar-refractivity contribution in [2.24, 2.45) is 5.73 Å². The van der Waals surface area contributed by atoms with Gasteiger partial charge in [0, 0.05) is 19.7 Å². The van der Waals surface area contributed by atoms with Crippen molar-refractivity contribution < 1.29 is 29.1 Å². The van der Waals surface area contributed by atoms with E-state index in [1.165, 1.54) is 25.1 Å². The lowest BCUT2D eigenvalue weighted by molar-refractivity contribution is -0.384. The molecule has 2 atom stereocenters. The molecule has 142 valence electrons. The zero-order valence-electron chi connectivity index (χ0n) is 14.3. The maximum atomic E-state index is 12.8. The van der Waals surface area contributed by atoms with Crippen LogP contribution in [-0.4, -0.2) is 66.4 Å². The minimum Gasteiger partial charge on any atom is -0.494 e. The number of methoxy groups -OCH3 is 1. The average molecular weight is 368 g/mol. The molecule has 1 aliphatic rings. The van der Waals surface area contributed by atoms with Crippen molar-refractivity contribution in [3.8, 4) is 5.75 Å². The summed E-state index contributed by atoms with van der Waals surface area (Å²) in [7, 11) is 2.84. The lowest BCUT2D eigenvalue weighted by atomic mass is 10.0. The molecule has 1 heterocycles. The van der Waals surface area contributed by atoms with E-state index in [0.29, 0.717) is 0 Å². The molecule has 0 unspecified atom stereocenters. The molecule has 0 aromatic heterocycles. The normalized spacial score (nSPS) is 19.6. The van der Waals surface area contributed by atoms with Crippen LogP contribution in [0.1, 0.15) is 16.8 Å². The van der Waals surface area contributed by atoms with Gasteiger partial charge in [-0.25, -0.2) is 4.79 Å². The Bertz CT molecular complexity index is 724. The third-order valence-electron chi connectivity index (χ3n) is 4.07. The van der Waals surface area contributed by atoms with E-state index in [9.17, 15) is 24.8 Å². The smallest absolute Gasteiger partial charge is 0.404 e. The number of aliphatic hydroxyl groups excluding tert-OH is 1. The van der Waals surface area contributed by atoms with Gasteiger partial charge in [-0.15, -0.1) is 0 Å². The Morgan fingerprint density at radius 3 is 2.69 bits per heavy atom. The summed E-state index contributed by atoms with van der Waals surface area (Å²) in [5.41, 5.74) is 4.85. The summed E-state index contributed by atoms with van der Waals surface area (Å²) >= 11 is 0. The number of rotatable bonds is 5. The molecule has 11 nitrogen and oxygen atoms in total. The van der Waals surface area contributed by atoms with Crippen molar-refractivity contribution in [2.45, 2.75) is 18.6 Å². The lowest BCUT2D eigenvalue weighted by Gasteiger charge is -2.35. The zero-order chi connectivity index (χ0) is 19.4. The Morgan fingerprint density at radius 1 is 1.46 bits per heavy atom. The first-order chi connectivity index (χ1) is 12.3. The number of nitro benzene ring substituents is 1. The van der Waals surface area contributed by atoms with Crippen LogP contribution in [-0.2, 0) is 4.74 Å². The van der Waals surface area contributed by atoms with Crippen LogP contribution in [0.2, 0.25) is 0 Å². The first-order valence-electron chi connectivity index (χ1n) is 7.76. The predicted molar refractivity (Wildman–Crippen MR) is 90.2 cm³/mol. The molecular weight excluding hydrogens is 348 g/mol. The molecule has 1 saturated heterocycles. The summed E-state index contributed by atoms with van der Waals surface area (Å²) in [6.07, 6.45) is -2.78. The topological polar surface area (TPSA) is 157 Å². The van der Waals surface area contributed by atoms with Gasteiger partial charge in [-0.05, 0) is 12.5 Å². The maximum Gasteiger partial charge on any atom is 0.404 e. The number of amides is 2. The van der Waals surface area contributed by atoms with E-state index in [1.807, 2.05) is 0 Å². The number of piperidine rings is 1. The second-order valence-electron chi connectivity index (χ2n) is 5.66. The van der Waals surface area contributed by atoms with Gasteiger partial charge in [0.05, 0.1) is 30.2 Å². The standard InChI is InChI=1S/C15H20N4O7/c1-17-13-9(19(23)24)5-8(6-11(13)25-2)14(21)18-4-3-10(20)12(7-18)26-15(16)22/h5-6,10,12,17,20H,3-4,7H2,1-2H3,(H2,16,22)/t10-,12+/m1/s1. The summed E-state index contributed by atoms with van der Waals surface area (Å²) < 4.78 is 9.95. The van der Waals surface area contributed by atoms with Gasteiger partial charge in [-0.1, -0.05) is 0 Å². The minimum absolute atomic E-state index is 0.0433. The highest BCUT2D eigenvalue weighted by atomic mass is 16.6. The molecule has 0 spiro atoms. The van der Waals surface area contributed by atoms with E-state index in [4.69, 9.17) is 15.2 Å². The summed E-state index contributed by atoms with van der Waals surface area (Å²) in [5.74, 6) is -0.369.